The number of amides is 1. The third kappa shape index (κ3) is 5.45. The molecule has 0 heterocycles. The van der Waals surface area contributed by atoms with Gasteiger partial charge in [-0.15, -0.1) is 0 Å². The van der Waals surface area contributed by atoms with Gasteiger partial charge in [-0.25, -0.2) is 0 Å². The minimum atomic E-state index is -0.0990. The molecule has 0 radical (unpaired) electrons. The summed E-state index contributed by atoms with van der Waals surface area (Å²) in [5, 5.41) is 2.98. The molecule has 0 atom stereocenters. The molecule has 0 bridgehead atoms. The van der Waals surface area contributed by atoms with Gasteiger partial charge in [0.1, 0.15) is 5.75 Å². The summed E-state index contributed by atoms with van der Waals surface area (Å²) in [4.78, 5) is 12.1. The Morgan fingerprint density at radius 2 is 1.41 bits per heavy atom. The van der Waals surface area contributed by atoms with Crippen LogP contribution in [-0.4, -0.2) is 19.1 Å². The molecule has 0 unspecified atom stereocenters. The number of hydrogen-bond acceptors (Lipinski definition) is 2. The largest absolute Gasteiger partial charge is 0.484 e. The molecule has 1 N–H and O–H groups in total. The van der Waals surface area contributed by atoms with Gasteiger partial charge in [-0.2, -0.15) is 0 Å². The second kappa shape index (κ2) is 9.58. The quantitative estimate of drug-likeness (QED) is 0.632. The molecule has 138 valence electrons. The van der Waals surface area contributed by atoms with Crippen LogP contribution in [-0.2, 0) is 4.79 Å². The molecule has 27 heavy (non-hydrogen) atoms. The highest BCUT2D eigenvalue weighted by atomic mass is 16.5. The summed E-state index contributed by atoms with van der Waals surface area (Å²) in [6.07, 6.45) is 0.837. The van der Waals surface area contributed by atoms with Gasteiger partial charge in [0, 0.05) is 12.5 Å². The van der Waals surface area contributed by atoms with Gasteiger partial charge in [-0.1, -0.05) is 78.9 Å². The number of ether oxygens (including phenoxy) is 1. The third-order valence-corrected chi connectivity index (χ3v) is 4.61. The van der Waals surface area contributed by atoms with Gasteiger partial charge in [0.2, 0.25) is 0 Å². The molecule has 0 saturated heterocycles. The summed E-state index contributed by atoms with van der Waals surface area (Å²) in [5.74, 6) is 0.905. The number of carbonyl (C=O) groups excluding carboxylic acids is 1. The molecule has 0 fully saturated rings. The summed E-state index contributed by atoms with van der Waals surface area (Å²) in [6, 6.07) is 28.5. The van der Waals surface area contributed by atoms with Crippen LogP contribution in [0.1, 0.15) is 29.0 Å². The molecule has 0 saturated carbocycles. The highest BCUT2D eigenvalue weighted by Crippen LogP contribution is 2.27. The van der Waals surface area contributed by atoms with Crippen LogP contribution in [0.15, 0.2) is 84.9 Å². The van der Waals surface area contributed by atoms with Gasteiger partial charge in [0.25, 0.3) is 5.91 Å². The van der Waals surface area contributed by atoms with E-state index in [1.807, 2.05) is 43.3 Å². The number of benzene rings is 3. The lowest BCUT2D eigenvalue weighted by molar-refractivity contribution is -0.123. The van der Waals surface area contributed by atoms with Crippen LogP contribution < -0.4 is 10.1 Å². The van der Waals surface area contributed by atoms with Crippen LogP contribution in [0.2, 0.25) is 0 Å². The van der Waals surface area contributed by atoms with Crippen molar-refractivity contribution in [3.8, 4) is 5.75 Å². The number of para-hydroxylation sites is 1. The van der Waals surface area contributed by atoms with Crippen LogP contribution >= 0.6 is 0 Å². The molecule has 3 rings (SSSR count). The smallest absolute Gasteiger partial charge is 0.257 e. The fourth-order valence-electron chi connectivity index (χ4n) is 3.17. The van der Waals surface area contributed by atoms with E-state index in [0.29, 0.717) is 6.54 Å². The Balaban J connectivity index is 1.55. The molecule has 3 aromatic carbocycles. The van der Waals surface area contributed by atoms with Crippen molar-refractivity contribution >= 4 is 5.91 Å². The molecule has 3 heteroatoms. The maximum Gasteiger partial charge on any atom is 0.257 e. The summed E-state index contributed by atoms with van der Waals surface area (Å²) in [5.41, 5.74) is 3.54. The fraction of sp³-hybridized carbons (Fsp3) is 0.208. The molecule has 0 aliphatic heterocycles. The fourth-order valence-corrected chi connectivity index (χ4v) is 3.17. The van der Waals surface area contributed by atoms with E-state index in [1.54, 1.807) is 0 Å². The Morgan fingerprint density at radius 3 is 2.00 bits per heavy atom. The maximum atomic E-state index is 12.1. The minimum Gasteiger partial charge on any atom is -0.484 e. The Labute approximate surface area is 161 Å². The summed E-state index contributed by atoms with van der Waals surface area (Å²) >= 11 is 0. The van der Waals surface area contributed by atoms with Crippen molar-refractivity contribution < 1.29 is 9.53 Å². The van der Waals surface area contributed by atoms with Crippen molar-refractivity contribution in [3.05, 3.63) is 102 Å². The first kappa shape index (κ1) is 18.7. The van der Waals surface area contributed by atoms with E-state index in [4.69, 9.17) is 4.74 Å². The van der Waals surface area contributed by atoms with Crippen LogP contribution in [0.25, 0.3) is 0 Å². The predicted molar refractivity (Wildman–Crippen MR) is 109 cm³/mol. The Bertz CT molecular complexity index is 807. The summed E-state index contributed by atoms with van der Waals surface area (Å²) in [6.45, 7) is 2.61. The summed E-state index contributed by atoms with van der Waals surface area (Å²) in [7, 11) is 0. The van der Waals surface area contributed by atoms with Gasteiger partial charge in [-0.3, -0.25) is 4.79 Å². The standard InChI is InChI=1S/C24H25NO2/c1-19-10-8-9-15-23(19)27-18-24(26)25-17-16-22(20-11-4-2-5-12-20)21-13-6-3-7-14-21/h2-15,22H,16-18H2,1H3,(H,25,26). The lowest BCUT2D eigenvalue weighted by Gasteiger charge is -2.18. The maximum absolute atomic E-state index is 12.1. The molecular formula is C24H25NO2. The molecule has 0 aromatic heterocycles. The van der Waals surface area contributed by atoms with Crippen LogP contribution in [0.4, 0.5) is 0 Å². The van der Waals surface area contributed by atoms with E-state index >= 15 is 0 Å². The number of hydrogen-bond donors (Lipinski definition) is 1. The highest BCUT2D eigenvalue weighted by molar-refractivity contribution is 5.77. The first-order valence-corrected chi connectivity index (χ1v) is 9.29. The van der Waals surface area contributed by atoms with Crippen LogP contribution in [0.5, 0.6) is 5.75 Å². The van der Waals surface area contributed by atoms with E-state index in [2.05, 4.69) is 53.8 Å². The van der Waals surface area contributed by atoms with E-state index in [0.717, 1.165) is 17.7 Å². The third-order valence-electron chi connectivity index (χ3n) is 4.61. The van der Waals surface area contributed by atoms with Gasteiger partial charge < -0.3 is 10.1 Å². The number of aryl methyl sites for hydroxylation is 1. The Kier molecular flexibility index (Phi) is 6.64. The molecule has 1 amide bonds. The van der Waals surface area contributed by atoms with Crippen molar-refractivity contribution in [2.75, 3.05) is 13.2 Å². The number of nitrogens with one attached hydrogen (secondary N) is 1. The van der Waals surface area contributed by atoms with Crippen molar-refractivity contribution in [3.63, 3.8) is 0 Å². The molecule has 0 aliphatic rings. The summed E-state index contributed by atoms with van der Waals surface area (Å²) < 4.78 is 5.61. The lowest BCUT2D eigenvalue weighted by Crippen LogP contribution is -2.30. The van der Waals surface area contributed by atoms with Crippen molar-refractivity contribution in [2.24, 2.45) is 0 Å². The number of rotatable bonds is 8. The first-order chi connectivity index (χ1) is 13.2. The van der Waals surface area contributed by atoms with E-state index in [-0.39, 0.29) is 18.4 Å². The second-order valence-electron chi connectivity index (χ2n) is 6.57. The van der Waals surface area contributed by atoms with Crippen molar-refractivity contribution in [1.29, 1.82) is 0 Å². The van der Waals surface area contributed by atoms with Crippen LogP contribution in [0, 0.1) is 6.92 Å². The molecular weight excluding hydrogens is 334 g/mol. The predicted octanol–water partition coefficient (Wildman–Crippen LogP) is 4.71. The molecule has 3 nitrogen and oxygen atoms in total. The van der Waals surface area contributed by atoms with Crippen molar-refractivity contribution in [2.45, 2.75) is 19.3 Å². The normalized spacial score (nSPS) is 10.6. The first-order valence-electron chi connectivity index (χ1n) is 9.29. The van der Waals surface area contributed by atoms with Crippen molar-refractivity contribution in [1.82, 2.24) is 5.32 Å². The zero-order chi connectivity index (χ0) is 18.9. The van der Waals surface area contributed by atoms with Gasteiger partial charge in [0.05, 0.1) is 0 Å². The monoisotopic (exact) mass is 359 g/mol. The molecule has 0 aliphatic carbocycles. The van der Waals surface area contributed by atoms with Gasteiger partial charge >= 0.3 is 0 Å². The van der Waals surface area contributed by atoms with Crippen LogP contribution in [0.3, 0.4) is 0 Å². The van der Waals surface area contributed by atoms with E-state index in [1.165, 1.54) is 11.1 Å². The van der Waals surface area contributed by atoms with E-state index in [9.17, 15) is 4.79 Å². The second-order valence-corrected chi connectivity index (χ2v) is 6.57. The zero-order valence-corrected chi connectivity index (χ0v) is 15.6. The molecule has 3 aromatic rings. The Hall–Kier alpha value is -3.07. The average molecular weight is 359 g/mol. The highest BCUT2D eigenvalue weighted by Gasteiger charge is 2.14. The molecule has 0 spiro atoms. The SMILES string of the molecule is Cc1ccccc1OCC(=O)NCCC(c1ccccc1)c1ccccc1. The van der Waals surface area contributed by atoms with E-state index < -0.39 is 0 Å². The van der Waals surface area contributed by atoms with Gasteiger partial charge in [0.15, 0.2) is 6.61 Å². The Morgan fingerprint density at radius 1 is 0.852 bits per heavy atom. The lowest BCUT2D eigenvalue weighted by atomic mass is 9.88. The topological polar surface area (TPSA) is 38.3 Å². The zero-order valence-electron chi connectivity index (χ0n) is 15.6. The minimum absolute atomic E-state index is 0.0339. The average Bonchev–Trinajstić information content (AvgIpc) is 2.72. The van der Waals surface area contributed by atoms with Gasteiger partial charge in [-0.05, 0) is 36.1 Å². The number of carbonyl (C=O) groups is 1.